The topological polar surface area (TPSA) is 26.3 Å². The molecule has 0 spiro atoms. The zero-order chi connectivity index (χ0) is 19.4. The van der Waals surface area contributed by atoms with Crippen molar-refractivity contribution < 1.29 is 9.53 Å². The van der Waals surface area contributed by atoms with Gasteiger partial charge >= 0.3 is 168 Å². The van der Waals surface area contributed by atoms with Crippen LogP contribution in [-0.2, 0) is 9.53 Å². The van der Waals surface area contributed by atoms with Crippen molar-refractivity contribution in [3.05, 3.63) is 48.6 Å². The summed E-state index contributed by atoms with van der Waals surface area (Å²) in [6, 6.07) is 10.4. The van der Waals surface area contributed by atoms with Crippen LogP contribution in [0.25, 0.3) is 0 Å². The van der Waals surface area contributed by atoms with E-state index in [4.69, 9.17) is 13.7 Å². The SMILES string of the molecule is C=CC[C@@H](C(=O)OCC)[C@H](c1ccccc1)[Sn]([Cl])([CH2]CCC)[CH2]CCC. The van der Waals surface area contributed by atoms with Gasteiger partial charge in [-0.15, -0.1) is 0 Å². The molecule has 0 saturated heterocycles. The zero-order valence-electron chi connectivity index (χ0n) is 16.7. The summed E-state index contributed by atoms with van der Waals surface area (Å²) in [5, 5.41) is 0. The average molecular weight is 486 g/mol. The number of hydrogen-bond donors (Lipinski definition) is 0. The minimum atomic E-state index is -3.14. The van der Waals surface area contributed by atoms with Gasteiger partial charge in [0, 0.05) is 0 Å². The molecule has 0 heterocycles. The van der Waals surface area contributed by atoms with Gasteiger partial charge in [-0.05, 0) is 0 Å². The summed E-state index contributed by atoms with van der Waals surface area (Å²) < 4.78 is 7.80. The number of allylic oxidation sites excluding steroid dienone is 1. The van der Waals surface area contributed by atoms with Crippen LogP contribution in [0.4, 0.5) is 0 Å². The van der Waals surface area contributed by atoms with Gasteiger partial charge < -0.3 is 0 Å². The normalized spacial score (nSPS) is 13.8. The predicted molar refractivity (Wildman–Crippen MR) is 115 cm³/mol. The van der Waals surface area contributed by atoms with Crippen LogP contribution in [0, 0.1) is 5.92 Å². The Morgan fingerprint density at radius 1 is 1.15 bits per heavy atom. The first-order valence-electron chi connectivity index (χ1n) is 10.0. The molecule has 146 valence electrons. The molecular formula is C22H35ClO2Sn. The zero-order valence-corrected chi connectivity index (χ0v) is 20.3. The molecule has 26 heavy (non-hydrogen) atoms. The molecule has 0 amide bonds. The molecule has 0 fully saturated rings. The van der Waals surface area contributed by atoms with E-state index in [9.17, 15) is 4.79 Å². The number of unbranched alkanes of at least 4 members (excludes halogenated alkanes) is 2. The van der Waals surface area contributed by atoms with Crippen molar-refractivity contribution in [2.45, 2.75) is 65.7 Å². The summed E-state index contributed by atoms with van der Waals surface area (Å²) in [5.74, 6) is -0.326. The molecule has 1 aromatic rings. The first-order valence-corrected chi connectivity index (χ1v) is 19.3. The molecule has 0 unspecified atom stereocenters. The third-order valence-corrected chi connectivity index (χ3v) is 21.2. The third kappa shape index (κ3) is 6.92. The van der Waals surface area contributed by atoms with Crippen LogP contribution in [0.15, 0.2) is 43.0 Å². The number of benzene rings is 1. The summed E-state index contributed by atoms with van der Waals surface area (Å²) >= 11 is -3.14. The Hall–Kier alpha value is -0.481. The van der Waals surface area contributed by atoms with Gasteiger partial charge in [-0.25, -0.2) is 0 Å². The quantitative estimate of drug-likeness (QED) is 0.173. The number of hydrogen-bond acceptors (Lipinski definition) is 2. The van der Waals surface area contributed by atoms with Gasteiger partial charge in [0.05, 0.1) is 0 Å². The Kier molecular flexibility index (Phi) is 11.6. The molecule has 2 nitrogen and oxygen atoms in total. The van der Waals surface area contributed by atoms with Crippen LogP contribution in [0.5, 0.6) is 0 Å². The van der Waals surface area contributed by atoms with Crippen molar-refractivity contribution in [2.24, 2.45) is 5.92 Å². The monoisotopic (exact) mass is 486 g/mol. The van der Waals surface area contributed by atoms with E-state index < -0.39 is 17.3 Å². The van der Waals surface area contributed by atoms with Gasteiger partial charge in [-0.2, -0.15) is 0 Å². The molecule has 0 aliphatic carbocycles. The van der Waals surface area contributed by atoms with Gasteiger partial charge in [0.25, 0.3) is 0 Å². The first-order chi connectivity index (χ1) is 12.5. The van der Waals surface area contributed by atoms with Crippen molar-refractivity contribution in [1.82, 2.24) is 0 Å². The number of carbonyl (C=O) groups excluding carboxylic acids is 1. The standard InChI is InChI=1S/C14H17O2.2C4H9.ClH.Sn/c1-3-8-13(14(15)16-4-2)11-12-9-6-5-7-10-12;2*1-3-4-2;;/h3,5-7,9-11,13H,1,4,8H2,2H3;2*1,3-4H2,2H3;1H;/q;;;;+1/p-1/t13-;;;;/m1..../s1. The Balaban J connectivity index is 3.38. The van der Waals surface area contributed by atoms with Crippen molar-refractivity contribution in [2.75, 3.05) is 6.61 Å². The summed E-state index contributed by atoms with van der Waals surface area (Å²) in [6.45, 7) is 10.6. The van der Waals surface area contributed by atoms with Gasteiger partial charge in [-0.3, -0.25) is 0 Å². The number of ether oxygens (including phenoxy) is 1. The first kappa shape index (κ1) is 23.6. The maximum absolute atomic E-state index is 12.8. The molecule has 0 saturated carbocycles. The van der Waals surface area contributed by atoms with E-state index in [-0.39, 0.29) is 15.8 Å². The van der Waals surface area contributed by atoms with Gasteiger partial charge in [0.15, 0.2) is 0 Å². The number of rotatable bonds is 13. The van der Waals surface area contributed by atoms with Crippen molar-refractivity contribution in [3.63, 3.8) is 0 Å². The predicted octanol–water partition coefficient (Wildman–Crippen LogP) is 6.85. The maximum atomic E-state index is 12.8. The minimum absolute atomic E-state index is 0.115. The molecule has 1 rings (SSSR count). The van der Waals surface area contributed by atoms with Crippen LogP contribution in [0.2, 0.25) is 8.87 Å². The molecule has 0 aromatic heterocycles. The van der Waals surface area contributed by atoms with Crippen LogP contribution >= 0.6 is 8.92 Å². The van der Waals surface area contributed by atoms with E-state index in [1.165, 1.54) is 5.56 Å². The third-order valence-electron chi connectivity index (χ3n) is 5.02. The van der Waals surface area contributed by atoms with Crippen LogP contribution in [-0.4, -0.2) is 29.8 Å². The van der Waals surface area contributed by atoms with E-state index in [0.717, 1.165) is 34.6 Å². The molecule has 2 atom stereocenters. The van der Waals surface area contributed by atoms with Gasteiger partial charge in [0.2, 0.25) is 0 Å². The summed E-state index contributed by atoms with van der Waals surface area (Å²) in [7, 11) is 7.54. The summed E-state index contributed by atoms with van der Waals surface area (Å²) in [5.41, 5.74) is 1.21. The molecular weight excluding hydrogens is 450 g/mol. The van der Waals surface area contributed by atoms with Crippen LogP contribution < -0.4 is 0 Å². The van der Waals surface area contributed by atoms with Crippen molar-refractivity contribution in [3.8, 4) is 0 Å². The molecule has 1 aromatic carbocycles. The van der Waals surface area contributed by atoms with Crippen LogP contribution in [0.3, 0.4) is 0 Å². The Morgan fingerprint density at radius 2 is 1.73 bits per heavy atom. The summed E-state index contributed by atoms with van der Waals surface area (Å²) in [4.78, 5) is 12.8. The number of carbonyl (C=O) groups is 1. The summed E-state index contributed by atoms with van der Waals surface area (Å²) in [6.07, 6.45) is 7.06. The number of esters is 1. The molecule has 0 N–H and O–H groups in total. The molecule has 4 heteroatoms. The molecule has 0 aliphatic rings. The Labute approximate surface area is 167 Å². The van der Waals surface area contributed by atoms with Crippen LogP contribution in [0.1, 0.15) is 62.4 Å². The van der Waals surface area contributed by atoms with E-state index >= 15 is 0 Å². The van der Waals surface area contributed by atoms with Gasteiger partial charge in [-0.1, -0.05) is 0 Å². The molecule has 0 bridgehead atoms. The number of halogens is 1. The fourth-order valence-corrected chi connectivity index (χ4v) is 20.3. The van der Waals surface area contributed by atoms with E-state index in [2.05, 4.69) is 44.7 Å². The van der Waals surface area contributed by atoms with E-state index in [1.54, 1.807) is 0 Å². The van der Waals surface area contributed by atoms with Crippen molar-refractivity contribution in [1.29, 1.82) is 0 Å². The second kappa shape index (κ2) is 12.8. The Morgan fingerprint density at radius 3 is 2.19 bits per heavy atom. The van der Waals surface area contributed by atoms with E-state index in [1.807, 2.05) is 19.1 Å². The average Bonchev–Trinajstić information content (AvgIpc) is 2.65. The second-order valence-corrected chi connectivity index (χ2v) is 22.6. The Bertz CT molecular complexity index is 524. The van der Waals surface area contributed by atoms with Crippen molar-refractivity contribution >= 4 is 32.1 Å². The fourth-order valence-electron chi connectivity index (χ4n) is 3.73. The molecule has 0 radical (unpaired) electrons. The fraction of sp³-hybridized carbons (Fsp3) is 0.591. The second-order valence-electron chi connectivity index (χ2n) is 7.01. The molecule has 0 aliphatic heterocycles. The van der Waals surface area contributed by atoms with Gasteiger partial charge in [0.1, 0.15) is 0 Å². The van der Waals surface area contributed by atoms with E-state index in [0.29, 0.717) is 13.0 Å².